The highest BCUT2D eigenvalue weighted by molar-refractivity contribution is 5.64. The van der Waals surface area contributed by atoms with Crippen molar-refractivity contribution in [3.8, 4) is 11.3 Å². The van der Waals surface area contributed by atoms with Crippen LogP contribution in [0.25, 0.3) is 11.3 Å². The van der Waals surface area contributed by atoms with Gasteiger partial charge in [-0.25, -0.2) is 0 Å². The van der Waals surface area contributed by atoms with E-state index < -0.39 is 0 Å². The maximum atomic E-state index is 9.14. The van der Waals surface area contributed by atoms with Crippen molar-refractivity contribution in [1.29, 1.82) is 0 Å². The lowest BCUT2D eigenvalue weighted by molar-refractivity contribution is 0.280. The van der Waals surface area contributed by atoms with E-state index in [0.717, 1.165) is 22.5 Å². The molecule has 0 radical (unpaired) electrons. The molecule has 0 fully saturated rings. The largest absolute Gasteiger partial charge is 0.392 e. The first-order chi connectivity index (χ1) is 8.11. The average molecular weight is 227 g/mol. The van der Waals surface area contributed by atoms with Crippen molar-refractivity contribution in [1.82, 2.24) is 4.98 Å². The summed E-state index contributed by atoms with van der Waals surface area (Å²) in [6, 6.07) is 10.3. The van der Waals surface area contributed by atoms with E-state index in [1.54, 1.807) is 0 Å². The molecule has 88 valence electrons. The summed E-state index contributed by atoms with van der Waals surface area (Å²) in [7, 11) is 0. The third-order valence-electron chi connectivity index (χ3n) is 3.03. The molecule has 1 aromatic carbocycles. The van der Waals surface area contributed by atoms with Gasteiger partial charge in [-0.1, -0.05) is 23.8 Å². The Hall–Kier alpha value is -1.67. The summed E-state index contributed by atoms with van der Waals surface area (Å²) in [5, 5.41) is 9.14. The van der Waals surface area contributed by atoms with E-state index in [-0.39, 0.29) is 6.61 Å². The van der Waals surface area contributed by atoms with Crippen LogP contribution in [0.2, 0.25) is 0 Å². The highest BCUT2D eigenvalue weighted by atomic mass is 16.3. The minimum absolute atomic E-state index is 0.0475. The molecule has 0 saturated heterocycles. The number of aliphatic hydroxyl groups is 1. The molecule has 2 aromatic rings. The van der Waals surface area contributed by atoms with Crippen LogP contribution in [0.5, 0.6) is 0 Å². The Bertz CT molecular complexity index is 547. The second-order valence-electron chi connectivity index (χ2n) is 4.42. The van der Waals surface area contributed by atoms with Crippen molar-refractivity contribution < 1.29 is 5.11 Å². The molecule has 0 saturated carbocycles. The van der Waals surface area contributed by atoms with Gasteiger partial charge in [0.05, 0.1) is 12.3 Å². The minimum Gasteiger partial charge on any atom is -0.392 e. The van der Waals surface area contributed by atoms with Gasteiger partial charge < -0.3 is 5.11 Å². The molecule has 0 aliphatic heterocycles. The minimum atomic E-state index is 0.0475. The summed E-state index contributed by atoms with van der Waals surface area (Å²) in [6.07, 6.45) is 0. The molecular formula is C15H17NO. The highest BCUT2D eigenvalue weighted by Gasteiger charge is 2.06. The Morgan fingerprint density at radius 3 is 2.47 bits per heavy atom. The molecule has 2 heteroatoms. The molecule has 1 aromatic heterocycles. The van der Waals surface area contributed by atoms with Crippen molar-refractivity contribution >= 4 is 0 Å². The van der Waals surface area contributed by atoms with Gasteiger partial charge in [0.15, 0.2) is 0 Å². The van der Waals surface area contributed by atoms with E-state index in [9.17, 15) is 0 Å². The number of aryl methyl sites for hydroxylation is 3. The van der Waals surface area contributed by atoms with Crippen LogP contribution in [0.15, 0.2) is 30.3 Å². The number of nitrogens with zero attached hydrogens (tertiary/aromatic N) is 1. The van der Waals surface area contributed by atoms with Crippen molar-refractivity contribution in [3.05, 3.63) is 52.7 Å². The summed E-state index contributed by atoms with van der Waals surface area (Å²) in [5.41, 5.74) is 6.37. The first-order valence-electron chi connectivity index (χ1n) is 5.77. The van der Waals surface area contributed by atoms with Gasteiger partial charge in [0.1, 0.15) is 0 Å². The molecule has 1 N–H and O–H groups in total. The lowest BCUT2D eigenvalue weighted by Crippen LogP contribution is -1.95. The van der Waals surface area contributed by atoms with E-state index in [1.807, 2.05) is 19.1 Å². The van der Waals surface area contributed by atoms with Crippen LogP contribution in [0.1, 0.15) is 22.4 Å². The molecule has 0 amide bonds. The summed E-state index contributed by atoms with van der Waals surface area (Å²) < 4.78 is 0. The summed E-state index contributed by atoms with van der Waals surface area (Å²) in [6.45, 7) is 6.15. The van der Waals surface area contributed by atoms with Gasteiger partial charge in [-0.05, 0) is 44.0 Å². The number of pyridine rings is 1. The lowest BCUT2D eigenvalue weighted by Gasteiger charge is -2.09. The standard InChI is InChI=1S/C15H17NO/c1-10-4-5-11(2)14(8-10)15-7-6-13(9-17)12(3)16-15/h4-8,17H,9H2,1-3H3. The van der Waals surface area contributed by atoms with Gasteiger partial charge in [0.2, 0.25) is 0 Å². The topological polar surface area (TPSA) is 33.1 Å². The third-order valence-corrected chi connectivity index (χ3v) is 3.03. The molecule has 2 nitrogen and oxygen atoms in total. The van der Waals surface area contributed by atoms with Crippen LogP contribution >= 0.6 is 0 Å². The summed E-state index contributed by atoms with van der Waals surface area (Å²) >= 11 is 0. The van der Waals surface area contributed by atoms with Crippen LogP contribution in [-0.2, 0) is 6.61 Å². The van der Waals surface area contributed by atoms with Gasteiger partial charge in [-0.3, -0.25) is 4.98 Å². The van der Waals surface area contributed by atoms with Crippen LogP contribution < -0.4 is 0 Å². The van der Waals surface area contributed by atoms with E-state index in [1.165, 1.54) is 11.1 Å². The predicted molar refractivity (Wildman–Crippen MR) is 69.8 cm³/mol. The van der Waals surface area contributed by atoms with Crippen LogP contribution in [0, 0.1) is 20.8 Å². The predicted octanol–water partition coefficient (Wildman–Crippen LogP) is 3.17. The van der Waals surface area contributed by atoms with Gasteiger partial charge >= 0.3 is 0 Å². The highest BCUT2D eigenvalue weighted by Crippen LogP contribution is 2.23. The molecule has 0 atom stereocenters. The number of hydrogen-bond donors (Lipinski definition) is 1. The zero-order chi connectivity index (χ0) is 12.4. The SMILES string of the molecule is Cc1ccc(C)c(-c2ccc(CO)c(C)n2)c1. The molecule has 0 unspecified atom stereocenters. The Kier molecular flexibility index (Phi) is 3.25. The fourth-order valence-electron chi connectivity index (χ4n) is 1.92. The van der Waals surface area contributed by atoms with Crippen LogP contribution in [0.3, 0.4) is 0 Å². The average Bonchev–Trinajstić information content (AvgIpc) is 2.32. The molecule has 0 aliphatic carbocycles. The molecule has 0 bridgehead atoms. The molecule has 0 aliphatic rings. The first-order valence-corrected chi connectivity index (χ1v) is 5.77. The van der Waals surface area contributed by atoms with Crippen LogP contribution in [0.4, 0.5) is 0 Å². The molecular weight excluding hydrogens is 210 g/mol. The zero-order valence-electron chi connectivity index (χ0n) is 10.5. The van der Waals surface area contributed by atoms with E-state index in [0.29, 0.717) is 0 Å². The number of rotatable bonds is 2. The van der Waals surface area contributed by atoms with Crippen molar-refractivity contribution in [2.24, 2.45) is 0 Å². The second-order valence-corrected chi connectivity index (χ2v) is 4.42. The molecule has 1 heterocycles. The summed E-state index contributed by atoms with van der Waals surface area (Å²) in [4.78, 5) is 4.56. The molecule has 0 spiro atoms. The van der Waals surface area contributed by atoms with E-state index >= 15 is 0 Å². The monoisotopic (exact) mass is 227 g/mol. The summed E-state index contributed by atoms with van der Waals surface area (Å²) in [5.74, 6) is 0. The van der Waals surface area contributed by atoms with Crippen molar-refractivity contribution in [2.45, 2.75) is 27.4 Å². The smallest absolute Gasteiger partial charge is 0.0708 e. The van der Waals surface area contributed by atoms with Crippen molar-refractivity contribution in [2.75, 3.05) is 0 Å². The van der Waals surface area contributed by atoms with Gasteiger partial charge in [0, 0.05) is 11.3 Å². The number of hydrogen-bond acceptors (Lipinski definition) is 2. The zero-order valence-corrected chi connectivity index (χ0v) is 10.5. The third kappa shape index (κ3) is 2.37. The second kappa shape index (κ2) is 4.68. The fourth-order valence-corrected chi connectivity index (χ4v) is 1.92. The van der Waals surface area contributed by atoms with Crippen molar-refractivity contribution in [3.63, 3.8) is 0 Å². The Balaban J connectivity index is 2.53. The number of aromatic nitrogens is 1. The Morgan fingerprint density at radius 1 is 1.06 bits per heavy atom. The van der Waals surface area contributed by atoms with Gasteiger partial charge in [-0.15, -0.1) is 0 Å². The number of aliphatic hydroxyl groups excluding tert-OH is 1. The van der Waals surface area contributed by atoms with Crippen LogP contribution in [-0.4, -0.2) is 10.1 Å². The Labute approximate surface area is 102 Å². The Morgan fingerprint density at radius 2 is 1.82 bits per heavy atom. The van der Waals surface area contributed by atoms with E-state index in [2.05, 4.69) is 37.0 Å². The van der Waals surface area contributed by atoms with E-state index in [4.69, 9.17) is 5.11 Å². The molecule has 17 heavy (non-hydrogen) atoms. The first kappa shape index (κ1) is 11.8. The van der Waals surface area contributed by atoms with Gasteiger partial charge in [-0.2, -0.15) is 0 Å². The fraction of sp³-hybridized carbons (Fsp3) is 0.267. The normalized spacial score (nSPS) is 10.6. The maximum absolute atomic E-state index is 9.14. The molecule has 2 rings (SSSR count). The number of benzene rings is 1. The lowest BCUT2D eigenvalue weighted by atomic mass is 10.0. The maximum Gasteiger partial charge on any atom is 0.0708 e. The van der Waals surface area contributed by atoms with Gasteiger partial charge in [0.25, 0.3) is 0 Å². The quantitative estimate of drug-likeness (QED) is 0.854.